The number of nitro benzene ring substituents is 2. The average molecular weight is 827 g/mol. The molecule has 8 nitrogen and oxygen atoms in total. The van der Waals surface area contributed by atoms with Gasteiger partial charge >= 0.3 is 0 Å². The van der Waals surface area contributed by atoms with Gasteiger partial charge in [0.25, 0.3) is 11.4 Å². The molecule has 0 bridgehead atoms. The van der Waals surface area contributed by atoms with Crippen LogP contribution in [0.25, 0.3) is 0 Å². The monoisotopic (exact) mass is 825 g/mol. The summed E-state index contributed by atoms with van der Waals surface area (Å²) in [4.78, 5) is 29.7. The third-order valence-electron chi connectivity index (χ3n) is 3.24. The van der Waals surface area contributed by atoms with Crippen LogP contribution >= 0.6 is 31.9 Å². The fourth-order valence-corrected chi connectivity index (χ4v) is 2.87. The van der Waals surface area contributed by atoms with Crippen molar-refractivity contribution in [3.05, 3.63) is 89.7 Å². The first-order valence-corrected chi connectivity index (χ1v) is 8.92. The Morgan fingerprint density at radius 3 is 1.52 bits per heavy atom. The maximum atomic E-state index is 12.8. The van der Waals surface area contributed by atoms with Gasteiger partial charge in [-0.15, -0.1) is 0 Å². The average Bonchev–Trinajstić information content (AvgIpc) is 2.66. The SMILES string of the molecule is O=C[C-](F)F.O=[N+]([O-])c1cc(Br)ccc1C(O[C-](F)F)c1ccc(Br)cc1[N+](=O)[O-].[Rf]. The molecule has 2 rings (SSSR count). The molecule has 2 aromatic rings. The van der Waals surface area contributed by atoms with Gasteiger partial charge in [-0.25, -0.2) is 0 Å². The molecule has 0 saturated heterocycles. The number of nitro groups is 2. The van der Waals surface area contributed by atoms with Crippen LogP contribution in [0.15, 0.2) is 45.3 Å². The van der Waals surface area contributed by atoms with E-state index in [-0.39, 0.29) is 11.1 Å². The molecule has 0 aliphatic carbocycles. The molecule has 15 heteroatoms. The second-order valence-electron chi connectivity index (χ2n) is 5.05. The van der Waals surface area contributed by atoms with Gasteiger partial charge in [0.05, 0.1) is 27.1 Å². The summed E-state index contributed by atoms with van der Waals surface area (Å²) in [5, 5.41) is 22.5. The summed E-state index contributed by atoms with van der Waals surface area (Å²) in [6.07, 6.45) is -4.41. The number of hydrogen-bond donors (Lipinski definition) is 0. The van der Waals surface area contributed by atoms with Crippen LogP contribution in [0.2, 0.25) is 0 Å². The first kappa shape index (κ1) is 27.4. The zero-order valence-electron chi connectivity index (χ0n) is 14.9. The Morgan fingerprint density at radius 1 is 0.903 bits per heavy atom. The topological polar surface area (TPSA) is 113 Å². The summed E-state index contributed by atoms with van der Waals surface area (Å²) in [7, 11) is 0. The Hall–Kier alpha value is -3.58. The molecule has 0 saturated carbocycles. The molecular formula is C16H8Br2F4N2O6Rf-2. The van der Waals surface area contributed by atoms with Gasteiger partial charge in [-0.3, -0.25) is 20.2 Å². The molecular weight excluding hydrogens is 819 g/mol. The molecule has 0 heterocycles. The number of aldehydes is 1. The zero-order chi connectivity index (χ0) is 23.0. The largest absolute Gasteiger partial charge is 0.479 e. The van der Waals surface area contributed by atoms with Crippen LogP contribution in [0.5, 0.6) is 0 Å². The van der Waals surface area contributed by atoms with E-state index in [9.17, 15) is 37.8 Å². The maximum Gasteiger partial charge on any atom is 0.276 e. The van der Waals surface area contributed by atoms with Gasteiger partial charge in [-0.2, -0.15) is 0 Å². The van der Waals surface area contributed by atoms with E-state index in [0.29, 0.717) is 8.95 Å². The van der Waals surface area contributed by atoms with Crippen molar-refractivity contribution in [1.82, 2.24) is 0 Å². The molecule has 0 aromatic heterocycles. The fourth-order valence-electron chi connectivity index (χ4n) is 2.18. The summed E-state index contributed by atoms with van der Waals surface area (Å²) in [6.45, 7) is -2.47. The molecule has 0 radical (unpaired) electrons. The van der Waals surface area contributed by atoms with Crippen molar-refractivity contribution in [1.29, 1.82) is 0 Å². The van der Waals surface area contributed by atoms with Crippen LogP contribution in [-0.4, -0.2) is 16.1 Å². The van der Waals surface area contributed by atoms with Crippen molar-refractivity contribution in [3.8, 4) is 0 Å². The van der Waals surface area contributed by atoms with Crippen LogP contribution in [0.4, 0.5) is 28.9 Å². The quantitative estimate of drug-likeness (QED) is 0.109. The van der Waals surface area contributed by atoms with E-state index >= 15 is 0 Å². The molecule has 0 aliphatic heterocycles. The van der Waals surface area contributed by atoms with E-state index in [1.165, 1.54) is 24.3 Å². The molecule has 0 N–H and O–H groups in total. The van der Waals surface area contributed by atoms with E-state index < -0.39 is 46.6 Å². The minimum atomic E-state index is -2.47. The van der Waals surface area contributed by atoms with Gasteiger partial charge < -0.3 is 27.1 Å². The Bertz CT molecular complexity index is 875. The first-order chi connectivity index (χ1) is 14.0. The second kappa shape index (κ2) is 12.2. The van der Waals surface area contributed by atoms with Gasteiger partial charge in [0.2, 0.25) is 0 Å². The van der Waals surface area contributed by atoms with Gasteiger partial charge in [0.1, 0.15) is 6.61 Å². The number of halogens is 6. The van der Waals surface area contributed by atoms with Crippen molar-refractivity contribution in [2.45, 2.75) is 6.10 Å². The van der Waals surface area contributed by atoms with Crippen LogP contribution < -0.4 is 0 Å². The molecule has 164 valence electrons. The third-order valence-corrected chi connectivity index (χ3v) is 4.23. The van der Waals surface area contributed by atoms with Crippen molar-refractivity contribution in [3.63, 3.8) is 0 Å². The summed E-state index contributed by atoms with van der Waals surface area (Å²) in [5.74, 6) is 0. The molecule has 0 fully saturated rings. The normalized spacial score (nSPS) is 10.1. The number of benzene rings is 2. The first-order valence-electron chi connectivity index (χ1n) is 7.33. The number of hydrogen-bond acceptors (Lipinski definition) is 6. The Labute approximate surface area is 182 Å². The van der Waals surface area contributed by atoms with Gasteiger partial charge in [-0.1, -0.05) is 31.9 Å². The Kier molecular flexibility index (Phi) is 10.8. The predicted molar refractivity (Wildman–Crippen MR) is 102 cm³/mol. The van der Waals surface area contributed by atoms with E-state index in [1.807, 2.05) is 0 Å². The smallest absolute Gasteiger partial charge is 0.276 e. The van der Waals surface area contributed by atoms with Crippen molar-refractivity contribution in [2.75, 3.05) is 0 Å². The number of carbonyl (C=O) groups excluding carboxylic acids is 1. The van der Waals surface area contributed by atoms with E-state index in [4.69, 9.17) is 4.79 Å². The van der Waals surface area contributed by atoms with Gasteiger partial charge in [-0.05, 0) is 30.7 Å². The summed E-state index contributed by atoms with van der Waals surface area (Å²) in [5.41, 5.74) is -1.52. The molecule has 0 spiro atoms. The Morgan fingerprint density at radius 2 is 1.26 bits per heavy atom. The Balaban J connectivity index is 0.00000135. The molecule has 0 amide bonds. The summed E-state index contributed by atoms with van der Waals surface area (Å²) in [6, 6.07) is 7.38. The van der Waals surface area contributed by atoms with E-state index in [2.05, 4.69) is 36.6 Å². The van der Waals surface area contributed by atoms with E-state index in [1.54, 1.807) is 0 Å². The number of ether oxygens (including phenoxy) is 1. The van der Waals surface area contributed by atoms with Gasteiger partial charge in [0, 0.05) is 27.4 Å². The minimum Gasteiger partial charge on any atom is -0.479 e. The zero-order valence-corrected chi connectivity index (χ0v) is 24.5. The predicted octanol–water partition coefficient (Wildman–Crippen LogP) is 6.13. The molecule has 0 atom stereocenters. The summed E-state index contributed by atoms with van der Waals surface area (Å²) >= 11 is 6.11. The maximum absolute atomic E-state index is 12.8. The number of carbonyl (C=O) groups is 1. The standard InChI is InChI=1S/C14H7Br2F2N2O5.C2HF2O.Rf/c15-7-1-3-9(11(5-7)19(21)22)13(25-14(17)18)10-4-2-8(16)6-12(10)20(23)24;3-2(4)1-5;/h1-6,13H;1H;/q2*-1;. The fraction of sp³-hybridized carbons (Fsp3) is 0.0625. The minimum absolute atomic E-state index is 0. The molecule has 2 aromatic carbocycles. The second-order valence-corrected chi connectivity index (χ2v) is 6.88. The number of nitrogens with zero attached hydrogens (tertiary/aromatic N) is 2. The van der Waals surface area contributed by atoms with Crippen LogP contribution in [0.3, 0.4) is 0 Å². The van der Waals surface area contributed by atoms with Gasteiger partial charge in [0.15, 0.2) is 0 Å². The van der Waals surface area contributed by atoms with Crippen LogP contribution in [-0.2, 0) is 9.53 Å². The number of rotatable bonds is 7. The van der Waals surface area contributed by atoms with Crippen LogP contribution in [0, 0.1) is 33.3 Å². The molecule has 0 aliphatic rings. The summed E-state index contributed by atoms with van der Waals surface area (Å²) < 4.78 is 51.4. The van der Waals surface area contributed by atoms with Crippen molar-refractivity contribution < 1.29 is 36.9 Å². The van der Waals surface area contributed by atoms with E-state index in [0.717, 1.165) is 12.1 Å². The third kappa shape index (κ3) is 7.98. The molecule has 31 heavy (non-hydrogen) atoms. The molecule has 0 unspecified atom stereocenters. The van der Waals surface area contributed by atoms with Crippen molar-refractivity contribution >= 4 is 49.5 Å². The van der Waals surface area contributed by atoms with Crippen LogP contribution in [0.1, 0.15) is 17.2 Å². The van der Waals surface area contributed by atoms with Crippen molar-refractivity contribution in [2.24, 2.45) is 0 Å².